The minimum atomic E-state index is 0.538. The molecule has 0 fully saturated rings. The number of hydrogen-bond acceptors (Lipinski definition) is 4. The molecule has 0 N–H and O–H groups in total. The third-order valence-corrected chi connectivity index (χ3v) is 3.74. The number of aryl methyl sites for hydroxylation is 1. The van der Waals surface area contributed by atoms with Crippen LogP contribution in [-0.4, -0.2) is 15.0 Å². The molecule has 3 rings (SSSR count). The number of nitrogens with zero attached hydrogens (tertiary/aromatic N) is 4. The average molecular weight is 371 g/mol. The van der Waals surface area contributed by atoms with Gasteiger partial charge in [-0.25, -0.2) is 4.98 Å². The van der Waals surface area contributed by atoms with Crippen molar-refractivity contribution >= 4 is 11.6 Å². The number of para-hydroxylation sites is 1. The lowest BCUT2D eigenvalue weighted by Crippen LogP contribution is -2.19. The lowest BCUT2D eigenvalue weighted by Gasteiger charge is -2.24. The van der Waals surface area contributed by atoms with Crippen LogP contribution in [0.4, 0.5) is 11.6 Å². The molecule has 142 valence electrons. The Morgan fingerprint density at radius 2 is 1.46 bits per heavy atom. The lowest BCUT2D eigenvalue weighted by molar-refractivity contribution is 0.948. The highest BCUT2D eigenvalue weighted by Gasteiger charge is 2.17. The van der Waals surface area contributed by atoms with Gasteiger partial charge in [-0.1, -0.05) is 81.6 Å². The Bertz CT molecular complexity index is 931. The van der Waals surface area contributed by atoms with Crippen LogP contribution in [0.1, 0.15) is 19.7 Å². The summed E-state index contributed by atoms with van der Waals surface area (Å²) in [5, 5.41) is 0. The summed E-state index contributed by atoms with van der Waals surface area (Å²) in [4.78, 5) is 15.7. The summed E-state index contributed by atoms with van der Waals surface area (Å²) in [6, 6.07) is 19.8. The smallest absolute Gasteiger partial charge is 0.238 e. The van der Waals surface area contributed by atoms with E-state index in [1.807, 2.05) is 92.4 Å². The molecule has 0 saturated carbocycles. The summed E-state index contributed by atoms with van der Waals surface area (Å²) in [7, 11) is 0. The molecule has 0 amide bonds. The second kappa shape index (κ2) is 10.6. The number of allylic oxidation sites excluding steroid dienone is 3. The van der Waals surface area contributed by atoms with Crippen molar-refractivity contribution < 1.29 is 0 Å². The minimum absolute atomic E-state index is 0.538. The van der Waals surface area contributed by atoms with Gasteiger partial charge in [0.2, 0.25) is 5.95 Å². The van der Waals surface area contributed by atoms with Gasteiger partial charge in [0, 0.05) is 16.9 Å². The van der Waals surface area contributed by atoms with Gasteiger partial charge in [-0.3, -0.25) is 4.90 Å². The van der Waals surface area contributed by atoms with Gasteiger partial charge in [0.05, 0.1) is 0 Å². The van der Waals surface area contributed by atoms with E-state index in [-0.39, 0.29) is 0 Å². The largest absolute Gasteiger partial charge is 0.279 e. The summed E-state index contributed by atoms with van der Waals surface area (Å²) < 4.78 is 0. The van der Waals surface area contributed by atoms with Crippen LogP contribution in [0.15, 0.2) is 97.7 Å². The van der Waals surface area contributed by atoms with Crippen molar-refractivity contribution in [3.8, 4) is 11.4 Å². The van der Waals surface area contributed by atoms with Crippen molar-refractivity contribution in [2.45, 2.75) is 20.8 Å². The van der Waals surface area contributed by atoms with Gasteiger partial charge in [-0.15, -0.1) is 0 Å². The molecule has 0 atom stereocenters. The zero-order chi connectivity index (χ0) is 20.4. The third kappa shape index (κ3) is 5.01. The van der Waals surface area contributed by atoms with Crippen LogP contribution in [0.3, 0.4) is 0 Å². The molecule has 0 aliphatic carbocycles. The molecular formula is C24H26N4. The first-order valence-electron chi connectivity index (χ1n) is 9.31. The van der Waals surface area contributed by atoms with Gasteiger partial charge in [0.1, 0.15) is 5.82 Å². The monoisotopic (exact) mass is 370 g/mol. The summed E-state index contributed by atoms with van der Waals surface area (Å²) >= 11 is 0. The molecule has 0 saturated heterocycles. The SMILES string of the molecule is C=C/C=C(\C=C)N(c1ccccc1)c1nc(C)nc(-c2ccccc2)n1.CC. The predicted molar refractivity (Wildman–Crippen MR) is 118 cm³/mol. The van der Waals surface area contributed by atoms with Crippen molar-refractivity contribution in [3.63, 3.8) is 0 Å². The Labute approximate surface area is 167 Å². The molecule has 1 aromatic heterocycles. The highest BCUT2D eigenvalue weighted by Crippen LogP contribution is 2.28. The van der Waals surface area contributed by atoms with Crippen LogP contribution < -0.4 is 4.90 Å². The number of benzene rings is 2. The van der Waals surface area contributed by atoms with E-state index < -0.39 is 0 Å². The summed E-state index contributed by atoms with van der Waals surface area (Å²) in [6.07, 6.45) is 5.36. The van der Waals surface area contributed by atoms with Crippen LogP contribution >= 0.6 is 0 Å². The van der Waals surface area contributed by atoms with Crippen LogP contribution in [0.2, 0.25) is 0 Å². The molecule has 4 heteroatoms. The maximum atomic E-state index is 4.71. The highest BCUT2D eigenvalue weighted by atomic mass is 15.3. The van der Waals surface area contributed by atoms with Crippen LogP contribution in [-0.2, 0) is 0 Å². The van der Waals surface area contributed by atoms with E-state index in [1.54, 1.807) is 12.2 Å². The first-order valence-corrected chi connectivity index (χ1v) is 9.31. The molecule has 0 unspecified atom stereocenters. The fourth-order valence-corrected chi connectivity index (χ4v) is 2.60. The van der Waals surface area contributed by atoms with Crippen LogP contribution in [0, 0.1) is 6.92 Å². The molecule has 28 heavy (non-hydrogen) atoms. The molecular weight excluding hydrogens is 344 g/mol. The molecule has 2 aromatic carbocycles. The molecule has 3 aromatic rings. The van der Waals surface area contributed by atoms with Crippen molar-refractivity contribution in [2.24, 2.45) is 0 Å². The Morgan fingerprint density at radius 1 is 0.857 bits per heavy atom. The third-order valence-electron chi connectivity index (χ3n) is 3.74. The number of rotatable bonds is 6. The van der Waals surface area contributed by atoms with Gasteiger partial charge in [0.25, 0.3) is 0 Å². The zero-order valence-electron chi connectivity index (χ0n) is 16.7. The summed E-state index contributed by atoms with van der Waals surface area (Å²) in [5.74, 6) is 1.82. The van der Waals surface area contributed by atoms with Crippen LogP contribution in [0.25, 0.3) is 11.4 Å². The first-order chi connectivity index (χ1) is 13.7. The normalized spacial score (nSPS) is 10.5. The van der Waals surface area contributed by atoms with E-state index in [0.29, 0.717) is 17.6 Å². The molecule has 1 heterocycles. The zero-order valence-corrected chi connectivity index (χ0v) is 16.7. The van der Waals surface area contributed by atoms with E-state index in [1.165, 1.54) is 0 Å². The maximum absolute atomic E-state index is 4.71. The van der Waals surface area contributed by atoms with Gasteiger partial charge in [-0.2, -0.15) is 9.97 Å². The Kier molecular flexibility index (Phi) is 7.85. The highest BCUT2D eigenvalue weighted by molar-refractivity contribution is 5.67. The Balaban J connectivity index is 0.00000136. The molecule has 0 bridgehead atoms. The van der Waals surface area contributed by atoms with Crippen molar-refractivity contribution in [2.75, 3.05) is 4.90 Å². The van der Waals surface area contributed by atoms with Gasteiger partial charge in [0.15, 0.2) is 5.82 Å². The number of anilines is 2. The summed E-state index contributed by atoms with van der Waals surface area (Å²) in [5.41, 5.74) is 2.71. The standard InChI is InChI=1S/C22H20N4.C2H6/c1-4-12-19(5-2)26(20-15-10-7-11-16-20)22-24-17(3)23-21(25-22)18-13-8-6-9-14-18;1-2/h4-16H,1-2H2,3H3;1-2H3/b19-12+;. The molecule has 0 radical (unpaired) electrons. The first kappa shape index (κ1) is 20.8. The molecule has 0 aliphatic heterocycles. The topological polar surface area (TPSA) is 41.9 Å². The fraction of sp³-hybridized carbons (Fsp3) is 0.125. The Morgan fingerprint density at radius 3 is 2.04 bits per heavy atom. The molecule has 0 spiro atoms. The number of hydrogen-bond donors (Lipinski definition) is 0. The van der Waals surface area contributed by atoms with Gasteiger partial charge >= 0.3 is 0 Å². The van der Waals surface area contributed by atoms with E-state index in [4.69, 9.17) is 4.98 Å². The van der Waals surface area contributed by atoms with Crippen LogP contribution in [0.5, 0.6) is 0 Å². The van der Waals surface area contributed by atoms with E-state index >= 15 is 0 Å². The van der Waals surface area contributed by atoms with E-state index in [0.717, 1.165) is 16.9 Å². The van der Waals surface area contributed by atoms with Crippen molar-refractivity contribution in [1.82, 2.24) is 15.0 Å². The minimum Gasteiger partial charge on any atom is -0.279 e. The second-order valence-electron chi connectivity index (χ2n) is 5.57. The summed E-state index contributed by atoms with van der Waals surface area (Å²) in [6.45, 7) is 13.6. The van der Waals surface area contributed by atoms with Gasteiger partial charge in [-0.05, 0) is 31.2 Å². The van der Waals surface area contributed by atoms with Crippen molar-refractivity contribution in [1.29, 1.82) is 0 Å². The molecule has 4 nitrogen and oxygen atoms in total. The maximum Gasteiger partial charge on any atom is 0.238 e. The van der Waals surface area contributed by atoms with Gasteiger partial charge < -0.3 is 0 Å². The van der Waals surface area contributed by atoms with Crippen molar-refractivity contribution in [3.05, 3.63) is 104 Å². The average Bonchev–Trinajstić information content (AvgIpc) is 2.76. The lowest BCUT2D eigenvalue weighted by atomic mass is 10.2. The Hall–Kier alpha value is -3.53. The predicted octanol–water partition coefficient (Wildman–Crippen LogP) is 6.27. The molecule has 0 aliphatic rings. The fourth-order valence-electron chi connectivity index (χ4n) is 2.60. The second-order valence-corrected chi connectivity index (χ2v) is 5.57. The van der Waals surface area contributed by atoms with E-state index in [9.17, 15) is 0 Å². The quantitative estimate of drug-likeness (QED) is 0.480. The van der Waals surface area contributed by atoms with E-state index in [2.05, 4.69) is 23.1 Å². The number of aromatic nitrogens is 3.